The number of likely N-dealkylation sites (tertiary alicyclic amines) is 1. The number of hydrogen-bond acceptors (Lipinski definition) is 3. The molecule has 1 saturated heterocycles. The van der Waals surface area contributed by atoms with E-state index in [-0.39, 0.29) is 17.7 Å². The number of ether oxygens (including phenoxy) is 1. The lowest BCUT2D eigenvalue weighted by Crippen LogP contribution is -2.43. The molecule has 1 aliphatic heterocycles. The highest BCUT2D eigenvalue weighted by atomic mass is 19.1. The number of nitrogens with one attached hydrogen (secondary N) is 1. The van der Waals surface area contributed by atoms with Crippen LogP contribution in [0, 0.1) is 5.82 Å². The lowest BCUT2D eigenvalue weighted by Gasteiger charge is -2.29. The van der Waals surface area contributed by atoms with E-state index in [1.807, 2.05) is 18.7 Å². The smallest absolute Gasteiger partial charge is 0.244 e. The SMILES string of the molecule is CCOc1ccc(NC(C)C(=O)N2CCCCC2)cc1F. The minimum atomic E-state index is -0.417. The first-order valence-corrected chi connectivity index (χ1v) is 7.59. The number of halogens is 1. The summed E-state index contributed by atoms with van der Waals surface area (Å²) in [4.78, 5) is 14.2. The minimum absolute atomic E-state index is 0.0731. The summed E-state index contributed by atoms with van der Waals surface area (Å²) in [5, 5.41) is 3.06. The van der Waals surface area contributed by atoms with Gasteiger partial charge in [-0.05, 0) is 45.2 Å². The third kappa shape index (κ3) is 4.09. The molecule has 0 aliphatic carbocycles. The van der Waals surface area contributed by atoms with E-state index < -0.39 is 5.82 Å². The second-order valence-electron chi connectivity index (χ2n) is 5.33. The molecule has 1 amide bonds. The predicted octanol–water partition coefficient (Wildman–Crippen LogP) is 3.04. The van der Waals surface area contributed by atoms with Crippen molar-refractivity contribution in [3.8, 4) is 5.75 Å². The van der Waals surface area contributed by atoms with E-state index in [2.05, 4.69) is 5.32 Å². The van der Waals surface area contributed by atoms with Crippen LogP contribution in [-0.2, 0) is 4.79 Å². The molecule has 1 atom stereocenters. The molecule has 1 aromatic rings. The second kappa shape index (κ2) is 7.29. The molecule has 1 heterocycles. The van der Waals surface area contributed by atoms with Crippen LogP contribution >= 0.6 is 0 Å². The quantitative estimate of drug-likeness (QED) is 0.907. The Morgan fingerprint density at radius 2 is 2.10 bits per heavy atom. The van der Waals surface area contributed by atoms with E-state index in [9.17, 15) is 9.18 Å². The van der Waals surface area contributed by atoms with Gasteiger partial charge < -0.3 is 15.0 Å². The van der Waals surface area contributed by atoms with Crippen molar-refractivity contribution in [2.24, 2.45) is 0 Å². The van der Waals surface area contributed by atoms with Crippen molar-refractivity contribution in [3.05, 3.63) is 24.0 Å². The summed E-state index contributed by atoms with van der Waals surface area (Å²) in [6.45, 7) is 5.69. The van der Waals surface area contributed by atoms with Crippen molar-refractivity contribution in [1.82, 2.24) is 4.90 Å². The molecule has 1 aliphatic rings. The number of anilines is 1. The highest BCUT2D eigenvalue weighted by Crippen LogP contribution is 2.22. The lowest BCUT2D eigenvalue weighted by molar-refractivity contribution is -0.132. The van der Waals surface area contributed by atoms with E-state index >= 15 is 0 Å². The molecule has 116 valence electrons. The van der Waals surface area contributed by atoms with Crippen molar-refractivity contribution in [1.29, 1.82) is 0 Å². The van der Waals surface area contributed by atoms with Gasteiger partial charge in [-0.3, -0.25) is 4.79 Å². The average molecular weight is 294 g/mol. The Morgan fingerprint density at radius 3 is 2.71 bits per heavy atom. The maximum Gasteiger partial charge on any atom is 0.244 e. The standard InChI is InChI=1S/C16H23FN2O2/c1-3-21-15-8-7-13(11-14(15)17)18-12(2)16(20)19-9-5-4-6-10-19/h7-8,11-12,18H,3-6,9-10H2,1-2H3. The van der Waals surface area contributed by atoms with Crippen LogP contribution in [0.1, 0.15) is 33.1 Å². The number of amides is 1. The zero-order chi connectivity index (χ0) is 15.2. The number of hydrogen-bond donors (Lipinski definition) is 1. The first kappa shape index (κ1) is 15.6. The highest BCUT2D eigenvalue weighted by molar-refractivity contribution is 5.84. The molecule has 2 rings (SSSR count). The fraction of sp³-hybridized carbons (Fsp3) is 0.562. The van der Waals surface area contributed by atoms with Crippen LogP contribution in [0.2, 0.25) is 0 Å². The summed E-state index contributed by atoms with van der Waals surface area (Å²) in [6, 6.07) is 4.32. The molecule has 1 aromatic carbocycles. The molecule has 0 radical (unpaired) electrons. The molecule has 0 bridgehead atoms. The van der Waals surface area contributed by atoms with E-state index in [4.69, 9.17) is 4.74 Å². The average Bonchev–Trinajstić information content (AvgIpc) is 2.50. The Labute approximate surface area is 125 Å². The highest BCUT2D eigenvalue weighted by Gasteiger charge is 2.22. The summed E-state index contributed by atoms with van der Waals surface area (Å²) < 4.78 is 18.9. The van der Waals surface area contributed by atoms with Gasteiger partial charge in [-0.25, -0.2) is 4.39 Å². The van der Waals surface area contributed by atoms with Gasteiger partial charge in [0.05, 0.1) is 6.61 Å². The zero-order valence-corrected chi connectivity index (χ0v) is 12.7. The lowest BCUT2D eigenvalue weighted by atomic mass is 10.1. The van der Waals surface area contributed by atoms with Crippen LogP contribution in [0.4, 0.5) is 10.1 Å². The molecule has 5 heteroatoms. The van der Waals surface area contributed by atoms with Gasteiger partial charge in [-0.15, -0.1) is 0 Å². The summed E-state index contributed by atoms with van der Waals surface area (Å²) in [6.07, 6.45) is 3.32. The van der Waals surface area contributed by atoms with Crippen molar-refractivity contribution in [2.45, 2.75) is 39.2 Å². The van der Waals surface area contributed by atoms with Gasteiger partial charge in [-0.2, -0.15) is 0 Å². The predicted molar refractivity (Wildman–Crippen MR) is 81.1 cm³/mol. The number of nitrogens with zero attached hydrogens (tertiary/aromatic N) is 1. The molecule has 0 aromatic heterocycles. The Hall–Kier alpha value is -1.78. The van der Waals surface area contributed by atoms with Crippen LogP contribution in [0.3, 0.4) is 0 Å². The van der Waals surface area contributed by atoms with Crippen LogP contribution in [0.25, 0.3) is 0 Å². The van der Waals surface area contributed by atoms with Crippen molar-refractivity contribution >= 4 is 11.6 Å². The first-order valence-electron chi connectivity index (χ1n) is 7.59. The fourth-order valence-electron chi connectivity index (χ4n) is 2.56. The molecule has 1 N–H and O–H groups in total. The Balaban J connectivity index is 1.96. The van der Waals surface area contributed by atoms with E-state index in [0.717, 1.165) is 25.9 Å². The normalized spacial score (nSPS) is 16.4. The van der Waals surface area contributed by atoms with Gasteiger partial charge in [0.2, 0.25) is 5.91 Å². The third-order valence-electron chi connectivity index (χ3n) is 3.65. The fourth-order valence-corrected chi connectivity index (χ4v) is 2.56. The summed E-state index contributed by atoms with van der Waals surface area (Å²) in [5.74, 6) is -0.110. The van der Waals surface area contributed by atoms with Crippen LogP contribution in [0.5, 0.6) is 5.75 Å². The molecule has 0 spiro atoms. The van der Waals surface area contributed by atoms with Gasteiger partial charge >= 0.3 is 0 Å². The molecule has 4 nitrogen and oxygen atoms in total. The summed E-state index contributed by atoms with van der Waals surface area (Å²) in [5.41, 5.74) is 0.591. The molecule has 21 heavy (non-hydrogen) atoms. The number of rotatable bonds is 5. The summed E-state index contributed by atoms with van der Waals surface area (Å²) >= 11 is 0. The Kier molecular flexibility index (Phi) is 5.42. The maximum atomic E-state index is 13.8. The largest absolute Gasteiger partial charge is 0.491 e. The van der Waals surface area contributed by atoms with Gasteiger partial charge in [0.25, 0.3) is 0 Å². The van der Waals surface area contributed by atoms with Crippen LogP contribution < -0.4 is 10.1 Å². The number of carbonyl (C=O) groups is 1. The van der Waals surface area contributed by atoms with E-state index in [1.165, 1.54) is 12.5 Å². The molecule has 0 saturated carbocycles. The van der Waals surface area contributed by atoms with Crippen molar-refractivity contribution < 1.29 is 13.9 Å². The number of piperidine rings is 1. The van der Waals surface area contributed by atoms with Gasteiger partial charge in [-0.1, -0.05) is 0 Å². The van der Waals surface area contributed by atoms with Crippen LogP contribution in [0.15, 0.2) is 18.2 Å². The maximum absolute atomic E-state index is 13.8. The zero-order valence-electron chi connectivity index (χ0n) is 12.7. The molecular weight excluding hydrogens is 271 g/mol. The van der Waals surface area contributed by atoms with Gasteiger partial charge in [0.15, 0.2) is 11.6 Å². The number of carbonyl (C=O) groups excluding carboxylic acids is 1. The first-order chi connectivity index (χ1) is 10.1. The van der Waals surface area contributed by atoms with Crippen molar-refractivity contribution in [3.63, 3.8) is 0 Å². The topological polar surface area (TPSA) is 41.6 Å². The second-order valence-corrected chi connectivity index (χ2v) is 5.33. The van der Waals surface area contributed by atoms with E-state index in [0.29, 0.717) is 12.3 Å². The molecule has 1 unspecified atom stereocenters. The summed E-state index contributed by atoms with van der Waals surface area (Å²) in [7, 11) is 0. The Morgan fingerprint density at radius 1 is 1.38 bits per heavy atom. The third-order valence-corrected chi connectivity index (χ3v) is 3.65. The van der Waals surface area contributed by atoms with Crippen LogP contribution in [-0.4, -0.2) is 36.5 Å². The monoisotopic (exact) mass is 294 g/mol. The van der Waals surface area contributed by atoms with Crippen molar-refractivity contribution in [2.75, 3.05) is 25.0 Å². The van der Waals surface area contributed by atoms with E-state index in [1.54, 1.807) is 12.1 Å². The minimum Gasteiger partial charge on any atom is -0.491 e. The Bertz CT molecular complexity index is 487. The van der Waals surface area contributed by atoms with Gasteiger partial charge in [0.1, 0.15) is 6.04 Å². The molecule has 1 fully saturated rings. The molecular formula is C16H23FN2O2. The number of benzene rings is 1. The van der Waals surface area contributed by atoms with Gasteiger partial charge in [0, 0.05) is 24.8 Å².